The van der Waals surface area contributed by atoms with Crippen LogP contribution in [-0.2, 0) is 4.74 Å². The highest BCUT2D eigenvalue weighted by atomic mass is 16.5. The first-order valence-corrected chi connectivity index (χ1v) is 8.22. The average Bonchev–Trinajstić information content (AvgIpc) is 2.44. The molecule has 1 aliphatic rings. The maximum Gasteiger partial charge on any atom is 0.0831 e. The zero-order chi connectivity index (χ0) is 15.1. The van der Waals surface area contributed by atoms with Crippen LogP contribution in [0.3, 0.4) is 0 Å². The fraction of sp³-hybridized carbons (Fsp3) is 0.889. The molecule has 1 saturated carbocycles. The summed E-state index contributed by atoms with van der Waals surface area (Å²) < 4.78 is 6.05. The van der Waals surface area contributed by atoms with Crippen molar-refractivity contribution in [2.45, 2.75) is 83.8 Å². The van der Waals surface area contributed by atoms with E-state index in [1.165, 1.54) is 12.8 Å². The standard InChI is InChI=1S/C18H33NO/c1-6-8-9-10-16(19-15-7-2)18(20-5)13-11-17(3,4)12-14-18/h1,16,19H,7-15H2,2-5H3. The summed E-state index contributed by atoms with van der Waals surface area (Å²) in [6, 6.07) is 0.442. The van der Waals surface area contributed by atoms with Gasteiger partial charge in [-0.2, -0.15) is 0 Å². The molecule has 1 fully saturated rings. The molecule has 1 N–H and O–H groups in total. The van der Waals surface area contributed by atoms with Crippen LogP contribution >= 0.6 is 0 Å². The molecule has 116 valence electrons. The quantitative estimate of drug-likeness (QED) is 0.532. The summed E-state index contributed by atoms with van der Waals surface area (Å²) in [7, 11) is 1.89. The van der Waals surface area contributed by atoms with Crippen LogP contribution in [0.25, 0.3) is 0 Å². The minimum atomic E-state index is 0.0132. The molecule has 20 heavy (non-hydrogen) atoms. The fourth-order valence-corrected chi connectivity index (χ4v) is 3.32. The lowest BCUT2D eigenvalue weighted by Crippen LogP contribution is -2.54. The summed E-state index contributed by atoms with van der Waals surface area (Å²) in [4.78, 5) is 0. The van der Waals surface area contributed by atoms with Gasteiger partial charge in [0.05, 0.1) is 5.60 Å². The molecule has 0 aromatic carbocycles. The van der Waals surface area contributed by atoms with Gasteiger partial charge in [-0.1, -0.05) is 20.8 Å². The molecule has 0 radical (unpaired) electrons. The van der Waals surface area contributed by atoms with E-state index in [9.17, 15) is 0 Å². The molecule has 1 rings (SSSR count). The molecule has 0 bridgehead atoms. The van der Waals surface area contributed by atoms with E-state index in [1.807, 2.05) is 7.11 Å². The summed E-state index contributed by atoms with van der Waals surface area (Å²) in [6.07, 6.45) is 14.5. The van der Waals surface area contributed by atoms with Crippen molar-refractivity contribution >= 4 is 0 Å². The highest BCUT2D eigenvalue weighted by molar-refractivity contribution is 4.99. The second kappa shape index (κ2) is 8.05. The third kappa shape index (κ3) is 4.79. The Morgan fingerprint density at radius 1 is 1.25 bits per heavy atom. The van der Waals surface area contributed by atoms with Crippen molar-refractivity contribution in [3.63, 3.8) is 0 Å². The van der Waals surface area contributed by atoms with Crippen LogP contribution < -0.4 is 5.32 Å². The Morgan fingerprint density at radius 3 is 2.40 bits per heavy atom. The van der Waals surface area contributed by atoms with Crippen molar-refractivity contribution in [2.24, 2.45) is 5.41 Å². The Kier molecular flexibility index (Phi) is 7.06. The molecular formula is C18H33NO. The van der Waals surface area contributed by atoms with E-state index >= 15 is 0 Å². The number of ether oxygens (including phenoxy) is 1. The minimum absolute atomic E-state index is 0.0132. The largest absolute Gasteiger partial charge is 0.377 e. The van der Waals surface area contributed by atoms with Gasteiger partial charge in [-0.05, 0) is 56.9 Å². The van der Waals surface area contributed by atoms with Gasteiger partial charge in [0.2, 0.25) is 0 Å². The third-order valence-electron chi connectivity index (χ3n) is 4.95. The molecular weight excluding hydrogens is 246 g/mol. The highest BCUT2D eigenvalue weighted by Crippen LogP contribution is 2.44. The van der Waals surface area contributed by atoms with E-state index in [0.717, 1.165) is 45.1 Å². The van der Waals surface area contributed by atoms with E-state index in [4.69, 9.17) is 11.2 Å². The maximum atomic E-state index is 6.05. The smallest absolute Gasteiger partial charge is 0.0831 e. The fourth-order valence-electron chi connectivity index (χ4n) is 3.32. The number of unbranched alkanes of at least 4 members (excludes halogenated alkanes) is 1. The lowest BCUT2D eigenvalue weighted by molar-refractivity contribution is -0.0880. The van der Waals surface area contributed by atoms with Crippen LogP contribution in [0.4, 0.5) is 0 Å². The Labute approximate surface area is 126 Å². The van der Waals surface area contributed by atoms with Crippen LogP contribution in [0.1, 0.15) is 72.1 Å². The van der Waals surface area contributed by atoms with Crippen LogP contribution in [0.5, 0.6) is 0 Å². The first-order valence-electron chi connectivity index (χ1n) is 8.22. The van der Waals surface area contributed by atoms with Gasteiger partial charge in [0.1, 0.15) is 0 Å². The van der Waals surface area contributed by atoms with Crippen molar-refractivity contribution in [2.75, 3.05) is 13.7 Å². The van der Waals surface area contributed by atoms with Crippen LogP contribution in [0, 0.1) is 17.8 Å². The summed E-state index contributed by atoms with van der Waals surface area (Å²) in [5.74, 6) is 2.76. The second-order valence-corrected chi connectivity index (χ2v) is 7.04. The number of hydrogen-bond acceptors (Lipinski definition) is 2. The molecule has 2 heteroatoms. The van der Waals surface area contributed by atoms with E-state index in [-0.39, 0.29) is 5.60 Å². The van der Waals surface area contributed by atoms with Crippen molar-refractivity contribution < 1.29 is 4.74 Å². The van der Waals surface area contributed by atoms with E-state index < -0.39 is 0 Å². The predicted octanol–water partition coefficient (Wildman–Crippen LogP) is 4.14. The number of nitrogens with one attached hydrogen (secondary N) is 1. The molecule has 0 saturated heterocycles. The SMILES string of the molecule is C#CCCCC(NCCC)C1(OC)CCC(C)(C)CC1. The molecule has 1 unspecified atom stereocenters. The summed E-state index contributed by atoms with van der Waals surface area (Å²) in [5, 5.41) is 3.72. The van der Waals surface area contributed by atoms with Gasteiger partial charge in [-0.15, -0.1) is 12.3 Å². The number of hydrogen-bond donors (Lipinski definition) is 1. The lowest BCUT2D eigenvalue weighted by atomic mass is 9.67. The van der Waals surface area contributed by atoms with Gasteiger partial charge in [-0.25, -0.2) is 0 Å². The highest BCUT2D eigenvalue weighted by Gasteiger charge is 2.43. The maximum absolute atomic E-state index is 6.05. The summed E-state index contributed by atoms with van der Waals surface area (Å²) in [6.45, 7) is 8.03. The lowest BCUT2D eigenvalue weighted by Gasteiger charge is -2.47. The topological polar surface area (TPSA) is 21.3 Å². The summed E-state index contributed by atoms with van der Waals surface area (Å²) >= 11 is 0. The number of rotatable bonds is 8. The van der Waals surface area contributed by atoms with Gasteiger partial charge in [0, 0.05) is 19.6 Å². The van der Waals surface area contributed by atoms with Crippen LogP contribution in [-0.4, -0.2) is 25.3 Å². The molecule has 0 heterocycles. The number of methoxy groups -OCH3 is 1. The zero-order valence-electron chi connectivity index (χ0n) is 13.9. The molecule has 1 atom stereocenters. The van der Waals surface area contributed by atoms with Crippen LogP contribution in [0.2, 0.25) is 0 Å². The van der Waals surface area contributed by atoms with Crippen molar-refractivity contribution in [1.82, 2.24) is 5.32 Å². The normalized spacial score (nSPS) is 22.1. The molecule has 0 amide bonds. The molecule has 1 aliphatic carbocycles. The minimum Gasteiger partial charge on any atom is -0.377 e. The Balaban J connectivity index is 2.71. The van der Waals surface area contributed by atoms with Crippen molar-refractivity contribution in [3.8, 4) is 12.3 Å². The van der Waals surface area contributed by atoms with Gasteiger partial charge in [0.25, 0.3) is 0 Å². The molecule has 0 aliphatic heterocycles. The number of terminal acetylenes is 1. The first kappa shape index (κ1) is 17.5. The van der Waals surface area contributed by atoms with Gasteiger partial charge < -0.3 is 10.1 Å². The zero-order valence-corrected chi connectivity index (χ0v) is 13.9. The third-order valence-corrected chi connectivity index (χ3v) is 4.95. The Hall–Kier alpha value is -0.520. The summed E-state index contributed by atoms with van der Waals surface area (Å²) in [5.41, 5.74) is 0.482. The van der Waals surface area contributed by atoms with Crippen molar-refractivity contribution in [1.29, 1.82) is 0 Å². The molecule has 0 aromatic heterocycles. The van der Waals surface area contributed by atoms with Crippen LogP contribution in [0.15, 0.2) is 0 Å². The Bertz CT molecular complexity index is 306. The molecule has 0 spiro atoms. The van der Waals surface area contributed by atoms with E-state index in [1.54, 1.807) is 0 Å². The van der Waals surface area contributed by atoms with E-state index in [0.29, 0.717) is 11.5 Å². The molecule has 2 nitrogen and oxygen atoms in total. The van der Waals surface area contributed by atoms with Gasteiger partial charge in [-0.3, -0.25) is 0 Å². The average molecular weight is 279 g/mol. The monoisotopic (exact) mass is 279 g/mol. The Morgan fingerprint density at radius 2 is 1.90 bits per heavy atom. The van der Waals surface area contributed by atoms with E-state index in [2.05, 4.69) is 32.0 Å². The van der Waals surface area contributed by atoms with Gasteiger partial charge in [0.15, 0.2) is 0 Å². The van der Waals surface area contributed by atoms with Gasteiger partial charge >= 0.3 is 0 Å². The second-order valence-electron chi connectivity index (χ2n) is 7.04. The predicted molar refractivity (Wildman–Crippen MR) is 86.8 cm³/mol. The first-order chi connectivity index (χ1) is 9.49. The molecule has 0 aromatic rings. The van der Waals surface area contributed by atoms with Crippen molar-refractivity contribution in [3.05, 3.63) is 0 Å².